The van der Waals surface area contributed by atoms with E-state index in [4.69, 9.17) is 0 Å². The zero-order chi connectivity index (χ0) is 10.3. The van der Waals surface area contributed by atoms with E-state index in [0.717, 1.165) is 17.8 Å². The zero-order valence-electron chi connectivity index (χ0n) is 9.97. The van der Waals surface area contributed by atoms with Gasteiger partial charge in [0.1, 0.15) is 0 Å². The van der Waals surface area contributed by atoms with E-state index < -0.39 is 0 Å². The second-order valence-corrected chi connectivity index (χ2v) is 5.94. The fourth-order valence-electron chi connectivity index (χ4n) is 1.45. The van der Waals surface area contributed by atoms with Crippen LogP contribution in [0.4, 0.5) is 0 Å². The lowest BCUT2D eigenvalue weighted by Gasteiger charge is -2.19. The van der Waals surface area contributed by atoms with Crippen molar-refractivity contribution in [1.82, 2.24) is 0 Å². The molecule has 1 heteroatoms. The van der Waals surface area contributed by atoms with Crippen molar-refractivity contribution in [1.29, 1.82) is 0 Å². The molecule has 0 aromatic rings. The molecule has 0 aliphatic carbocycles. The first kappa shape index (κ1) is 13.4. The Kier molecular flexibility index (Phi) is 7.93. The molecule has 0 saturated heterocycles. The van der Waals surface area contributed by atoms with Crippen LogP contribution in [0.3, 0.4) is 0 Å². The summed E-state index contributed by atoms with van der Waals surface area (Å²) in [7, 11) is 0. The van der Waals surface area contributed by atoms with Gasteiger partial charge in [-0.15, -0.1) is 0 Å². The van der Waals surface area contributed by atoms with E-state index >= 15 is 0 Å². The Hall–Kier alpha value is 0.350. The van der Waals surface area contributed by atoms with E-state index in [1.165, 1.54) is 24.3 Å². The molecule has 80 valence electrons. The summed E-state index contributed by atoms with van der Waals surface area (Å²) in [5.41, 5.74) is 0. The fraction of sp³-hybridized carbons (Fsp3) is 1.00. The smallest absolute Gasteiger partial charge is 0.00651 e. The summed E-state index contributed by atoms with van der Waals surface area (Å²) >= 11 is 2.07. The van der Waals surface area contributed by atoms with Gasteiger partial charge in [-0.3, -0.25) is 0 Å². The van der Waals surface area contributed by atoms with Gasteiger partial charge in [-0.05, 0) is 42.1 Å². The van der Waals surface area contributed by atoms with Crippen LogP contribution in [0.2, 0.25) is 0 Å². The molecule has 2 atom stereocenters. The Labute approximate surface area is 88.9 Å². The van der Waals surface area contributed by atoms with Crippen LogP contribution in [-0.2, 0) is 0 Å². The minimum atomic E-state index is 0.848. The van der Waals surface area contributed by atoms with Gasteiger partial charge in [-0.1, -0.05) is 34.6 Å². The average Bonchev–Trinajstić information content (AvgIpc) is 2.04. The molecule has 0 aliphatic heterocycles. The van der Waals surface area contributed by atoms with E-state index in [2.05, 4.69) is 46.4 Å². The second-order valence-electron chi connectivity index (χ2n) is 4.55. The van der Waals surface area contributed by atoms with E-state index in [1.54, 1.807) is 0 Å². The van der Waals surface area contributed by atoms with Gasteiger partial charge in [0.05, 0.1) is 0 Å². The highest BCUT2D eigenvalue weighted by molar-refractivity contribution is 7.99. The molecule has 0 spiro atoms. The molecular weight excluding hydrogens is 176 g/mol. The topological polar surface area (TPSA) is 0 Å². The lowest BCUT2D eigenvalue weighted by atomic mass is 9.88. The Morgan fingerprint density at radius 3 is 2.15 bits per heavy atom. The number of hydrogen-bond donors (Lipinski definition) is 0. The van der Waals surface area contributed by atoms with Crippen molar-refractivity contribution in [3.05, 3.63) is 0 Å². The summed E-state index contributed by atoms with van der Waals surface area (Å²) in [6.45, 7) is 11.7. The molecule has 0 saturated carbocycles. The van der Waals surface area contributed by atoms with Crippen LogP contribution in [0.5, 0.6) is 0 Å². The van der Waals surface area contributed by atoms with Crippen molar-refractivity contribution in [3.8, 4) is 0 Å². The predicted octanol–water partition coefficient (Wildman–Crippen LogP) is 4.45. The molecule has 0 nitrogen and oxygen atoms in total. The number of thioether (sulfide) groups is 1. The standard InChI is InChI=1S/C12H26S/c1-6-13-8-7-11(4)9-12(5)10(2)3/h10-12H,6-9H2,1-5H3. The normalized spacial score (nSPS) is 16.2. The SMILES string of the molecule is CCSCCC(C)CC(C)C(C)C. The summed E-state index contributed by atoms with van der Waals surface area (Å²) in [6, 6.07) is 0. The lowest BCUT2D eigenvalue weighted by Crippen LogP contribution is -2.09. The summed E-state index contributed by atoms with van der Waals surface area (Å²) in [4.78, 5) is 0. The largest absolute Gasteiger partial charge is 0.162 e. The molecular formula is C12H26S. The molecule has 0 rings (SSSR count). The van der Waals surface area contributed by atoms with Gasteiger partial charge in [0.25, 0.3) is 0 Å². The summed E-state index contributed by atoms with van der Waals surface area (Å²) < 4.78 is 0. The Morgan fingerprint density at radius 2 is 1.69 bits per heavy atom. The van der Waals surface area contributed by atoms with Crippen LogP contribution >= 0.6 is 11.8 Å². The Balaban J connectivity index is 3.43. The highest BCUT2D eigenvalue weighted by Crippen LogP contribution is 2.22. The first-order valence-corrected chi connectivity index (χ1v) is 6.81. The molecule has 0 heterocycles. The third-order valence-electron chi connectivity index (χ3n) is 2.87. The van der Waals surface area contributed by atoms with E-state index in [9.17, 15) is 0 Å². The maximum Gasteiger partial charge on any atom is -0.00651 e. The predicted molar refractivity (Wildman–Crippen MR) is 65.4 cm³/mol. The van der Waals surface area contributed by atoms with Crippen molar-refractivity contribution in [2.24, 2.45) is 17.8 Å². The maximum atomic E-state index is 2.40. The Bertz CT molecular complexity index is 110. The van der Waals surface area contributed by atoms with E-state index in [0.29, 0.717) is 0 Å². The molecule has 0 fully saturated rings. The van der Waals surface area contributed by atoms with Crippen molar-refractivity contribution in [2.45, 2.75) is 47.5 Å². The maximum absolute atomic E-state index is 2.40. The van der Waals surface area contributed by atoms with E-state index in [-0.39, 0.29) is 0 Å². The third-order valence-corrected chi connectivity index (χ3v) is 3.80. The van der Waals surface area contributed by atoms with Gasteiger partial charge < -0.3 is 0 Å². The van der Waals surface area contributed by atoms with Gasteiger partial charge in [-0.2, -0.15) is 11.8 Å². The van der Waals surface area contributed by atoms with Crippen LogP contribution in [-0.4, -0.2) is 11.5 Å². The minimum absolute atomic E-state index is 0.848. The highest BCUT2D eigenvalue weighted by Gasteiger charge is 2.11. The highest BCUT2D eigenvalue weighted by atomic mass is 32.2. The van der Waals surface area contributed by atoms with Crippen molar-refractivity contribution in [3.63, 3.8) is 0 Å². The molecule has 0 aromatic carbocycles. The molecule has 0 N–H and O–H groups in total. The molecule has 0 aliphatic rings. The lowest BCUT2D eigenvalue weighted by molar-refractivity contribution is 0.328. The fourth-order valence-corrected chi connectivity index (χ4v) is 2.31. The Morgan fingerprint density at radius 1 is 1.08 bits per heavy atom. The van der Waals surface area contributed by atoms with Crippen molar-refractivity contribution < 1.29 is 0 Å². The summed E-state index contributed by atoms with van der Waals surface area (Å²) in [5, 5.41) is 0. The van der Waals surface area contributed by atoms with Crippen LogP contribution in [0.1, 0.15) is 47.5 Å². The van der Waals surface area contributed by atoms with Gasteiger partial charge in [0.2, 0.25) is 0 Å². The van der Waals surface area contributed by atoms with Gasteiger partial charge >= 0.3 is 0 Å². The van der Waals surface area contributed by atoms with Crippen LogP contribution < -0.4 is 0 Å². The summed E-state index contributed by atoms with van der Waals surface area (Å²) in [6.07, 6.45) is 2.80. The zero-order valence-corrected chi connectivity index (χ0v) is 10.8. The molecule has 0 bridgehead atoms. The minimum Gasteiger partial charge on any atom is -0.162 e. The van der Waals surface area contributed by atoms with Crippen LogP contribution in [0, 0.1) is 17.8 Å². The van der Waals surface area contributed by atoms with Crippen molar-refractivity contribution in [2.75, 3.05) is 11.5 Å². The first-order valence-electron chi connectivity index (χ1n) is 5.65. The van der Waals surface area contributed by atoms with Gasteiger partial charge in [0, 0.05) is 0 Å². The quantitative estimate of drug-likeness (QED) is 0.550. The number of hydrogen-bond acceptors (Lipinski definition) is 1. The molecule has 0 radical (unpaired) electrons. The first-order chi connectivity index (χ1) is 6.07. The molecule has 13 heavy (non-hydrogen) atoms. The van der Waals surface area contributed by atoms with Gasteiger partial charge in [0.15, 0.2) is 0 Å². The summed E-state index contributed by atoms with van der Waals surface area (Å²) in [5.74, 6) is 5.27. The van der Waals surface area contributed by atoms with E-state index in [1.807, 2.05) is 0 Å². The number of rotatable bonds is 7. The van der Waals surface area contributed by atoms with Crippen molar-refractivity contribution >= 4 is 11.8 Å². The second kappa shape index (κ2) is 7.73. The van der Waals surface area contributed by atoms with Crippen LogP contribution in [0.15, 0.2) is 0 Å². The molecule has 0 amide bonds. The monoisotopic (exact) mass is 202 g/mol. The third kappa shape index (κ3) is 7.42. The average molecular weight is 202 g/mol. The molecule has 0 aromatic heterocycles. The van der Waals surface area contributed by atoms with Crippen LogP contribution in [0.25, 0.3) is 0 Å². The molecule has 2 unspecified atom stereocenters. The van der Waals surface area contributed by atoms with Gasteiger partial charge in [-0.25, -0.2) is 0 Å².